The molecule has 1 amide bonds. The van der Waals surface area contributed by atoms with Crippen molar-refractivity contribution in [3.8, 4) is 17.4 Å². The van der Waals surface area contributed by atoms with Crippen LogP contribution < -0.4 is 14.4 Å². The molecular formula is C23H26BrN4O4+. The largest absolute Gasteiger partial charge is 0.493 e. The molecule has 4 rings (SSSR count). The summed E-state index contributed by atoms with van der Waals surface area (Å²) < 4.78 is 13.4. The molecule has 1 aromatic heterocycles. The van der Waals surface area contributed by atoms with Crippen LogP contribution in [0.25, 0.3) is 10.9 Å². The average molecular weight is 502 g/mol. The number of piperidine rings is 1. The summed E-state index contributed by atoms with van der Waals surface area (Å²) in [7, 11) is 1.53. The lowest BCUT2D eigenvalue weighted by Gasteiger charge is -2.24. The zero-order chi connectivity index (χ0) is 22.5. The zero-order valence-electron chi connectivity index (χ0n) is 17.9. The van der Waals surface area contributed by atoms with E-state index in [4.69, 9.17) is 9.47 Å². The first-order valence-electron chi connectivity index (χ1n) is 10.6. The van der Waals surface area contributed by atoms with Crippen molar-refractivity contribution in [1.29, 1.82) is 0 Å². The second-order valence-corrected chi connectivity index (χ2v) is 8.68. The lowest BCUT2D eigenvalue weighted by Crippen LogP contribution is -3.12. The van der Waals surface area contributed by atoms with E-state index in [9.17, 15) is 9.90 Å². The average Bonchev–Trinajstić information content (AvgIpc) is 3.07. The lowest BCUT2D eigenvalue weighted by molar-refractivity contribution is -0.927. The monoisotopic (exact) mass is 501 g/mol. The topological polar surface area (TPSA) is 89.8 Å². The molecule has 0 bridgehead atoms. The second-order valence-electron chi connectivity index (χ2n) is 7.76. The fourth-order valence-electron chi connectivity index (χ4n) is 4.00. The number of carbonyl (C=O) groups excluding carboxylic acids is 1. The molecule has 2 aromatic carbocycles. The Hall–Kier alpha value is -2.91. The molecule has 0 unspecified atom stereocenters. The number of benzene rings is 2. The minimum atomic E-state index is -0.562. The quantitative estimate of drug-likeness (QED) is 0.481. The molecule has 2 heterocycles. The number of aromatic nitrogens is 1. The molecule has 1 aliphatic heterocycles. The van der Waals surface area contributed by atoms with Crippen molar-refractivity contribution in [3.05, 3.63) is 46.9 Å². The molecule has 0 aliphatic carbocycles. The predicted octanol–water partition coefficient (Wildman–Crippen LogP) is 3.83. The zero-order valence-corrected chi connectivity index (χ0v) is 19.5. The molecule has 1 aliphatic rings. The first-order chi connectivity index (χ1) is 15.6. The van der Waals surface area contributed by atoms with Gasteiger partial charge in [-0.15, -0.1) is 10.2 Å². The van der Waals surface area contributed by atoms with Crippen molar-refractivity contribution in [1.82, 2.24) is 4.57 Å². The van der Waals surface area contributed by atoms with Gasteiger partial charge in [0.2, 0.25) is 5.88 Å². The maximum atomic E-state index is 12.3. The van der Waals surface area contributed by atoms with Crippen LogP contribution in [0.3, 0.4) is 0 Å². The van der Waals surface area contributed by atoms with E-state index in [2.05, 4.69) is 26.2 Å². The van der Waals surface area contributed by atoms with E-state index >= 15 is 0 Å². The van der Waals surface area contributed by atoms with E-state index in [-0.39, 0.29) is 18.2 Å². The number of ether oxygens (including phenoxy) is 2. The Balaban J connectivity index is 1.55. The molecule has 9 heteroatoms. The molecule has 168 valence electrons. The predicted molar refractivity (Wildman–Crippen MR) is 124 cm³/mol. The van der Waals surface area contributed by atoms with Gasteiger partial charge in [0.05, 0.1) is 25.7 Å². The fourth-order valence-corrected chi connectivity index (χ4v) is 4.36. The number of carbonyl (C=O) groups is 1. The summed E-state index contributed by atoms with van der Waals surface area (Å²) in [5.41, 5.74) is 1.14. The highest BCUT2D eigenvalue weighted by atomic mass is 79.9. The van der Waals surface area contributed by atoms with Crippen molar-refractivity contribution in [2.45, 2.75) is 25.9 Å². The molecule has 0 spiro atoms. The van der Waals surface area contributed by atoms with Gasteiger partial charge in [0.15, 0.2) is 30.5 Å². The van der Waals surface area contributed by atoms with Crippen LogP contribution in [0.1, 0.15) is 19.3 Å². The normalized spacial score (nSPS) is 14.8. The number of para-hydroxylation sites is 2. The molecule has 0 atom stereocenters. The van der Waals surface area contributed by atoms with E-state index in [1.165, 1.54) is 31.3 Å². The van der Waals surface area contributed by atoms with Crippen molar-refractivity contribution >= 4 is 38.4 Å². The van der Waals surface area contributed by atoms with Crippen molar-refractivity contribution in [3.63, 3.8) is 0 Å². The molecule has 2 N–H and O–H groups in total. The molecule has 0 saturated carbocycles. The number of azo groups is 1. The van der Waals surface area contributed by atoms with E-state index in [0.29, 0.717) is 18.2 Å². The van der Waals surface area contributed by atoms with Crippen molar-refractivity contribution in [2.24, 2.45) is 10.2 Å². The molecule has 8 nitrogen and oxygen atoms in total. The van der Waals surface area contributed by atoms with Gasteiger partial charge in [0, 0.05) is 9.86 Å². The van der Waals surface area contributed by atoms with Crippen LogP contribution >= 0.6 is 15.9 Å². The molecule has 1 fully saturated rings. The van der Waals surface area contributed by atoms with E-state index in [1.807, 2.05) is 28.8 Å². The van der Waals surface area contributed by atoms with Crippen molar-refractivity contribution in [2.75, 3.05) is 26.8 Å². The summed E-state index contributed by atoms with van der Waals surface area (Å²) in [5.74, 6) is 0.431. The number of hydrogen-bond acceptors (Lipinski definition) is 5. The highest BCUT2D eigenvalue weighted by Gasteiger charge is 2.22. The maximum absolute atomic E-state index is 12.3. The van der Waals surface area contributed by atoms with Gasteiger partial charge >= 0.3 is 5.91 Å². The van der Waals surface area contributed by atoms with Gasteiger partial charge in [0.25, 0.3) is 0 Å². The molecule has 1 saturated heterocycles. The van der Waals surface area contributed by atoms with Gasteiger partial charge in [-0.25, -0.2) is 0 Å². The molecule has 3 aromatic rings. The van der Waals surface area contributed by atoms with Gasteiger partial charge in [0.1, 0.15) is 0 Å². The first kappa shape index (κ1) is 22.3. The summed E-state index contributed by atoms with van der Waals surface area (Å²) in [6, 6.07) is 12.8. The van der Waals surface area contributed by atoms with Crippen LogP contribution in [0.2, 0.25) is 0 Å². The van der Waals surface area contributed by atoms with Gasteiger partial charge in [-0.2, -0.15) is 0 Å². The summed E-state index contributed by atoms with van der Waals surface area (Å²) in [6.07, 6.45) is 3.63. The summed E-state index contributed by atoms with van der Waals surface area (Å²) in [4.78, 5) is 13.7. The Morgan fingerprint density at radius 1 is 1.16 bits per heavy atom. The Morgan fingerprint density at radius 2 is 1.91 bits per heavy atom. The molecule has 32 heavy (non-hydrogen) atoms. The third kappa shape index (κ3) is 4.94. The Morgan fingerprint density at radius 3 is 2.66 bits per heavy atom. The summed E-state index contributed by atoms with van der Waals surface area (Å²) >= 11 is 3.48. The fraction of sp³-hybridized carbons (Fsp3) is 0.348. The van der Waals surface area contributed by atoms with E-state index in [1.54, 1.807) is 18.2 Å². The van der Waals surface area contributed by atoms with Crippen LogP contribution in [-0.4, -0.2) is 42.4 Å². The van der Waals surface area contributed by atoms with Crippen LogP contribution in [-0.2, 0) is 11.5 Å². The number of hydrogen-bond donors (Lipinski definition) is 2. The van der Waals surface area contributed by atoms with E-state index < -0.39 is 5.91 Å². The smallest absolute Gasteiger partial charge is 0.302 e. The number of halogens is 1. The third-order valence-electron chi connectivity index (χ3n) is 5.60. The molecule has 0 radical (unpaired) electrons. The highest BCUT2D eigenvalue weighted by Crippen LogP contribution is 2.39. The standard InChI is InChI=1S/C23H25BrN4O4/c1-31-19-7-3-4-8-20(19)32-14-21(29)25-26-22-17-13-16(24)9-10-18(17)28(23(22)30)15-27-11-5-2-6-12-27/h3-4,7-10,13,30H,2,5-6,11-12,14-15H2,1H3/p+1. The second kappa shape index (κ2) is 10.1. The van der Waals surface area contributed by atoms with Gasteiger partial charge < -0.3 is 19.5 Å². The summed E-state index contributed by atoms with van der Waals surface area (Å²) in [5, 5.41) is 19.6. The number of methoxy groups -OCH3 is 1. The number of nitrogens with one attached hydrogen (secondary N) is 1. The number of aromatic hydroxyl groups is 1. The minimum absolute atomic E-state index is 0.0124. The third-order valence-corrected chi connectivity index (χ3v) is 6.09. The number of fused-ring (bicyclic) bond motifs is 1. The number of rotatable bonds is 7. The van der Waals surface area contributed by atoms with E-state index in [0.717, 1.165) is 28.5 Å². The van der Waals surface area contributed by atoms with Crippen LogP contribution in [0, 0.1) is 0 Å². The number of likely N-dealkylation sites (tertiary alicyclic amines) is 1. The van der Waals surface area contributed by atoms with Crippen molar-refractivity contribution < 1.29 is 24.3 Å². The minimum Gasteiger partial charge on any atom is -0.493 e. The summed E-state index contributed by atoms with van der Waals surface area (Å²) in [6.45, 7) is 2.51. The Labute approximate surface area is 194 Å². The molecular weight excluding hydrogens is 476 g/mol. The Bertz CT molecular complexity index is 1140. The number of nitrogens with zero attached hydrogens (tertiary/aromatic N) is 3. The Kier molecular flexibility index (Phi) is 7.06. The van der Waals surface area contributed by atoms with Crippen LogP contribution in [0.4, 0.5) is 5.69 Å². The van der Waals surface area contributed by atoms with Gasteiger partial charge in [-0.05, 0) is 49.6 Å². The van der Waals surface area contributed by atoms with Crippen LogP contribution in [0.5, 0.6) is 17.4 Å². The van der Waals surface area contributed by atoms with Crippen LogP contribution in [0.15, 0.2) is 57.2 Å². The maximum Gasteiger partial charge on any atom is 0.302 e. The first-order valence-corrected chi connectivity index (χ1v) is 11.4. The van der Waals surface area contributed by atoms with Gasteiger partial charge in [-0.1, -0.05) is 28.1 Å². The highest BCUT2D eigenvalue weighted by molar-refractivity contribution is 9.10. The lowest BCUT2D eigenvalue weighted by atomic mass is 10.1. The number of quaternary nitrogens is 1. The van der Waals surface area contributed by atoms with Gasteiger partial charge in [-0.3, -0.25) is 9.36 Å². The SMILES string of the molecule is COc1ccccc1OCC(=O)N=Nc1c(O)n(C[NH+]2CCCCC2)c2ccc(Br)cc12. The number of amides is 1.